The highest BCUT2D eigenvalue weighted by atomic mass is 35.5. The monoisotopic (exact) mass is 720 g/mol. The summed E-state index contributed by atoms with van der Waals surface area (Å²) in [5.74, 6) is 1.10. The Morgan fingerprint density at radius 1 is 1.08 bits per heavy atom. The molecule has 0 bridgehead atoms. The van der Waals surface area contributed by atoms with Crippen molar-refractivity contribution in [2.75, 3.05) is 51.4 Å². The number of nitrogens with one attached hydrogen (secondary N) is 1. The lowest BCUT2D eigenvalue weighted by Crippen LogP contribution is -2.45. The second kappa shape index (κ2) is 16.8. The molecule has 0 radical (unpaired) electrons. The summed E-state index contributed by atoms with van der Waals surface area (Å²) in [6.45, 7) is 4.52. The minimum Gasteiger partial charge on any atom is -0.487 e. The highest BCUT2D eigenvalue weighted by Crippen LogP contribution is 2.35. The molecule has 0 amide bonds. The van der Waals surface area contributed by atoms with E-state index in [-0.39, 0.29) is 31.8 Å². The minimum atomic E-state index is -4.37. The van der Waals surface area contributed by atoms with Crippen molar-refractivity contribution in [3.63, 3.8) is 0 Å². The van der Waals surface area contributed by atoms with Crippen LogP contribution in [0, 0.1) is 0 Å². The number of hydrogen-bond donors (Lipinski definition) is 1. The molecule has 270 valence electrons. The zero-order chi connectivity index (χ0) is 34.9. The van der Waals surface area contributed by atoms with Gasteiger partial charge < -0.3 is 24.3 Å². The molecule has 1 aliphatic heterocycles. The van der Waals surface area contributed by atoms with Gasteiger partial charge >= 0.3 is 6.18 Å². The van der Waals surface area contributed by atoms with Gasteiger partial charge in [0.2, 0.25) is 5.95 Å². The first-order valence-electron chi connectivity index (χ1n) is 16.7. The van der Waals surface area contributed by atoms with Crippen molar-refractivity contribution in [1.29, 1.82) is 0 Å². The number of rotatable bonds is 15. The summed E-state index contributed by atoms with van der Waals surface area (Å²) < 4.78 is 63.2. The third-order valence-electron chi connectivity index (χ3n) is 8.53. The number of tetrazole rings is 1. The van der Waals surface area contributed by atoms with Gasteiger partial charge in [-0.05, 0) is 61.2 Å². The zero-order valence-corrected chi connectivity index (χ0v) is 28.4. The summed E-state index contributed by atoms with van der Waals surface area (Å²) in [6.07, 6.45) is 4.65. The third kappa shape index (κ3) is 10.0. The maximum Gasteiger partial charge on any atom is 0.411 e. The number of benzene rings is 1. The van der Waals surface area contributed by atoms with E-state index in [4.69, 9.17) is 40.6 Å². The van der Waals surface area contributed by atoms with Gasteiger partial charge in [-0.2, -0.15) is 13.2 Å². The second-order valence-electron chi connectivity index (χ2n) is 12.3. The van der Waals surface area contributed by atoms with E-state index >= 15 is 0 Å². The van der Waals surface area contributed by atoms with Gasteiger partial charge in [-0.1, -0.05) is 17.7 Å². The highest BCUT2D eigenvalue weighted by Gasteiger charge is 2.29. The van der Waals surface area contributed by atoms with Gasteiger partial charge in [0.25, 0.3) is 5.88 Å². The summed E-state index contributed by atoms with van der Waals surface area (Å²) in [4.78, 5) is 11.7. The fourth-order valence-electron chi connectivity index (χ4n) is 6.14. The van der Waals surface area contributed by atoms with Gasteiger partial charge in [-0.15, -0.1) is 10.2 Å². The lowest BCUT2D eigenvalue weighted by Gasteiger charge is -2.38. The lowest BCUT2D eigenvalue weighted by atomic mass is 9.90. The molecular weight excluding hydrogens is 681 g/mol. The first kappa shape index (κ1) is 35.8. The van der Waals surface area contributed by atoms with Crippen LogP contribution in [-0.2, 0) is 16.0 Å². The standard InChI is InChI=1S/C32H40ClF3N10O4/c1-22(18-45-21-38-42-43-45)50-29-17-23(3-8-26(29)33)27-9-10-37-31(39-27)40-28-19-46(41-30(28)49-14-2-13-48-20-32(34,35)36)25-6-4-24(5-7-25)44-11-15-47-16-12-44/h3,8-10,17,19,21-22,24-25H,2,4-7,11-16,18,20H2,1H3,(H,37,39,40)/t22-,24?,25?/m0/s1. The van der Waals surface area contributed by atoms with E-state index in [9.17, 15) is 13.2 Å². The zero-order valence-electron chi connectivity index (χ0n) is 27.6. The van der Waals surface area contributed by atoms with Crippen LogP contribution in [0.2, 0.25) is 5.02 Å². The molecule has 1 saturated carbocycles. The molecule has 1 atom stereocenters. The SMILES string of the molecule is C[C@@H](Cn1cnnn1)Oc1cc(-c2ccnc(Nc3cn(C4CCC(N5CCOCC5)CC4)nc3OCCCOCC(F)(F)F)n2)ccc1Cl. The first-order chi connectivity index (χ1) is 24.2. The van der Waals surface area contributed by atoms with E-state index in [0.717, 1.165) is 57.6 Å². The molecule has 14 nitrogen and oxygen atoms in total. The summed E-state index contributed by atoms with van der Waals surface area (Å²) in [5.41, 5.74) is 1.92. The van der Waals surface area contributed by atoms with E-state index in [0.29, 0.717) is 46.6 Å². The number of anilines is 2. The molecule has 1 N–H and O–H groups in total. The Balaban J connectivity index is 1.14. The van der Waals surface area contributed by atoms with Crippen LogP contribution in [0.1, 0.15) is 45.1 Å². The molecule has 2 fully saturated rings. The molecule has 50 heavy (non-hydrogen) atoms. The van der Waals surface area contributed by atoms with E-state index in [1.807, 2.05) is 29.9 Å². The molecule has 4 aromatic rings. The number of hydrogen-bond acceptors (Lipinski definition) is 12. The van der Waals surface area contributed by atoms with Crippen LogP contribution in [0.4, 0.5) is 24.8 Å². The maximum atomic E-state index is 12.5. The summed E-state index contributed by atoms with van der Waals surface area (Å²) in [7, 11) is 0. The van der Waals surface area contributed by atoms with Crippen molar-refractivity contribution < 1.29 is 32.1 Å². The Labute approximate surface area is 292 Å². The number of halogens is 4. The Kier molecular flexibility index (Phi) is 12.0. The Morgan fingerprint density at radius 2 is 1.88 bits per heavy atom. The molecule has 1 aromatic carbocycles. The molecule has 3 aromatic heterocycles. The number of ether oxygens (including phenoxy) is 4. The van der Waals surface area contributed by atoms with Gasteiger partial charge in [-0.25, -0.2) is 14.6 Å². The Hall–Kier alpha value is -4.06. The number of aromatic nitrogens is 8. The van der Waals surface area contributed by atoms with Crippen molar-refractivity contribution in [2.24, 2.45) is 0 Å². The van der Waals surface area contributed by atoms with Crippen molar-refractivity contribution in [3.05, 3.63) is 48.0 Å². The molecule has 0 spiro atoms. The summed E-state index contributed by atoms with van der Waals surface area (Å²) in [5, 5.41) is 19.6. The van der Waals surface area contributed by atoms with Crippen LogP contribution < -0.4 is 14.8 Å². The number of alkyl halides is 3. The van der Waals surface area contributed by atoms with Crippen LogP contribution in [-0.4, -0.2) is 109 Å². The second-order valence-corrected chi connectivity index (χ2v) is 12.7. The number of morpholine rings is 1. The molecule has 4 heterocycles. The summed E-state index contributed by atoms with van der Waals surface area (Å²) in [6, 6.07) is 7.87. The number of nitrogens with zero attached hydrogens (tertiary/aromatic N) is 9. The van der Waals surface area contributed by atoms with E-state index in [1.54, 1.807) is 23.0 Å². The predicted molar refractivity (Wildman–Crippen MR) is 177 cm³/mol. The molecule has 1 saturated heterocycles. The van der Waals surface area contributed by atoms with Gasteiger partial charge in [-0.3, -0.25) is 9.58 Å². The van der Waals surface area contributed by atoms with E-state index < -0.39 is 12.8 Å². The molecule has 18 heteroatoms. The fraction of sp³-hybridized carbons (Fsp3) is 0.562. The van der Waals surface area contributed by atoms with Gasteiger partial charge in [0, 0.05) is 37.3 Å². The summed E-state index contributed by atoms with van der Waals surface area (Å²) >= 11 is 6.46. The van der Waals surface area contributed by atoms with Gasteiger partial charge in [0.15, 0.2) is 0 Å². The third-order valence-corrected chi connectivity index (χ3v) is 8.84. The maximum absolute atomic E-state index is 12.5. The van der Waals surface area contributed by atoms with Crippen molar-refractivity contribution in [1.82, 2.24) is 44.9 Å². The van der Waals surface area contributed by atoms with Gasteiger partial charge in [0.05, 0.1) is 55.9 Å². The topological polar surface area (TPSA) is 139 Å². The molecule has 0 unspecified atom stereocenters. The van der Waals surface area contributed by atoms with Crippen LogP contribution in [0.25, 0.3) is 11.3 Å². The van der Waals surface area contributed by atoms with Crippen molar-refractivity contribution >= 4 is 23.2 Å². The predicted octanol–water partition coefficient (Wildman–Crippen LogP) is 5.35. The highest BCUT2D eigenvalue weighted by molar-refractivity contribution is 6.32. The molecule has 2 aliphatic rings. The van der Waals surface area contributed by atoms with E-state index in [2.05, 4.69) is 30.7 Å². The van der Waals surface area contributed by atoms with Crippen LogP contribution in [0.15, 0.2) is 43.0 Å². The Morgan fingerprint density at radius 3 is 2.64 bits per heavy atom. The normalized spacial score (nSPS) is 19.3. The van der Waals surface area contributed by atoms with Crippen LogP contribution in [0.3, 0.4) is 0 Å². The smallest absolute Gasteiger partial charge is 0.411 e. The fourth-order valence-corrected chi connectivity index (χ4v) is 6.30. The van der Waals surface area contributed by atoms with Crippen molar-refractivity contribution in [3.8, 4) is 22.9 Å². The molecule has 6 rings (SSSR count). The largest absolute Gasteiger partial charge is 0.487 e. The average molecular weight is 721 g/mol. The van der Waals surface area contributed by atoms with E-state index in [1.165, 1.54) is 6.33 Å². The average Bonchev–Trinajstić information content (AvgIpc) is 3.77. The van der Waals surface area contributed by atoms with Crippen LogP contribution in [0.5, 0.6) is 11.6 Å². The first-order valence-corrected chi connectivity index (χ1v) is 17.0. The Bertz CT molecular complexity index is 1650. The van der Waals surface area contributed by atoms with Crippen LogP contribution >= 0.6 is 11.6 Å². The molecular formula is C32H40ClF3N10O4. The lowest BCUT2D eigenvalue weighted by molar-refractivity contribution is -0.174. The molecule has 1 aliphatic carbocycles. The quantitative estimate of drug-likeness (QED) is 0.158. The minimum absolute atomic E-state index is 0.0943. The van der Waals surface area contributed by atoms with Crippen molar-refractivity contribution in [2.45, 2.75) is 69.9 Å². The van der Waals surface area contributed by atoms with Gasteiger partial charge in [0.1, 0.15) is 30.5 Å².